The lowest BCUT2D eigenvalue weighted by Crippen LogP contribution is -2.59. The Balaban J connectivity index is 2.27. The lowest BCUT2D eigenvalue weighted by atomic mass is 10.0. The number of benzene rings is 1. The van der Waals surface area contributed by atoms with E-state index in [9.17, 15) is 43.2 Å². The fraction of sp³-hybridized carbons (Fsp3) is 0.651. The van der Waals surface area contributed by atoms with E-state index in [1.807, 2.05) is 13.8 Å². The predicted octanol–water partition coefficient (Wildman–Crippen LogP) is -0.531. The summed E-state index contributed by atoms with van der Waals surface area (Å²) in [6.45, 7) is 3.74. The molecule has 0 unspecified atom stereocenters. The van der Waals surface area contributed by atoms with Crippen molar-refractivity contribution in [3.05, 3.63) is 35.9 Å². The summed E-state index contributed by atoms with van der Waals surface area (Å²) in [6.07, 6.45) is 9.98. The van der Waals surface area contributed by atoms with E-state index >= 15 is 0 Å². The van der Waals surface area contributed by atoms with Gasteiger partial charge in [-0.1, -0.05) is 102 Å². The second kappa shape index (κ2) is 30.4. The SMILES string of the molecule is CCCCCCCCCCCC(=O)NCC(=O)N[C@H]1CCNC(=O)CNC(=O)CNC(=O)CNC(=O)[C@H](CC(C)C)NC(=O)[C@@H](Cc2ccccc2)NC(=O)[C@H](CCN)NC1=O. The molecular formula is C43H70N10O9. The Hall–Kier alpha value is -5.59. The first-order valence-corrected chi connectivity index (χ1v) is 22.0. The van der Waals surface area contributed by atoms with Crippen LogP contribution in [0.15, 0.2) is 30.3 Å². The van der Waals surface area contributed by atoms with Crippen LogP contribution in [0.25, 0.3) is 0 Å². The van der Waals surface area contributed by atoms with Crippen molar-refractivity contribution in [2.75, 3.05) is 39.3 Å². The minimum atomic E-state index is -1.31. The Kier molecular flexibility index (Phi) is 25.8. The van der Waals surface area contributed by atoms with Crippen molar-refractivity contribution in [3.63, 3.8) is 0 Å². The van der Waals surface area contributed by atoms with E-state index in [0.717, 1.165) is 19.3 Å². The van der Waals surface area contributed by atoms with Crippen LogP contribution in [0.3, 0.4) is 0 Å². The van der Waals surface area contributed by atoms with Crippen molar-refractivity contribution >= 4 is 53.2 Å². The van der Waals surface area contributed by atoms with Gasteiger partial charge in [-0.05, 0) is 43.7 Å². The van der Waals surface area contributed by atoms with Crippen molar-refractivity contribution in [1.82, 2.24) is 47.9 Å². The van der Waals surface area contributed by atoms with Crippen LogP contribution in [0.2, 0.25) is 0 Å². The molecule has 11 N–H and O–H groups in total. The van der Waals surface area contributed by atoms with Crippen molar-refractivity contribution in [2.24, 2.45) is 11.7 Å². The number of unbranched alkanes of at least 4 members (excludes halogenated alkanes) is 8. The predicted molar refractivity (Wildman–Crippen MR) is 233 cm³/mol. The van der Waals surface area contributed by atoms with E-state index in [1.165, 1.54) is 32.1 Å². The summed E-state index contributed by atoms with van der Waals surface area (Å²) in [5.74, 6) is -6.07. The Morgan fingerprint density at radius 3 is 1.82 bits per heavy atom. The topological polar surface area (TPSA) is 288 Å². The average molecular weight is 871 g/mol. The largest absolute Gasteiger partial charge is 0.354 e. The van der Waals surface area contributed by atoms with Crippen LogP contribution in [0.1, 0.15) is 110 Å². The van der Waals surface area contributed by atoms with Crippen LogP contribution >= 0.6 is 0 Å². The highest BCUT2D eigenvalue weighted by Gasteiger charge is 2.32. The van der Waals surface area contributed by atoms with Crippen LogP contribution in [-0.2, 0) is 49.6 Å². The van der Waals surface area contributed by atoms with Crippen LogP contribution in [-0.4, -0.2) is 117 Å². The summed E-state index contributed by atoms with van der Waals surface area (Å²) in [7, 11) is 0. The number of hydrogen-bond acceptors (Lipinski definition) is 10. The summed E-state index contributed by atoms with van der Waals surface area (Å²) in [5.41, 5.74) is 6.54. The summed E-state index contributed by atoms with van der Waals surface area (Å²) in [6, 6.07) is 3.87. The maximum atomic E-state index is 13.9. The van der Waals surface area contributed by atoms with Crippen molar-refractivity contribution in [1.29, 1.82) is 0 Å². The Bertz CT molecular complexity index is 1610. The normalized spacial score (nSPS) is 20.4. The number of carbonyl (C=O) groups excluding carboxylic acids is 9. The molecule has 1 aromatic carbocycles. The Morgan fingerprint density at radius 1 is 0.661 bits per heavy atom. The number of rotatable bonds is 19. The van der Waals surface area contributed by atoms with Gasteiger partial charge in [-0.15, -0.1) is 0 Å². The second-order valence-corrected chi connectivity index (χ2v) is 16.0. The second-order valence-electron chi connectivity index (χ2n) is 16.0. The molecule has 0 spiro atoms. The number of hydrogen-bond donors (Lipinski definition) is 10. The molecule has 19 nitrogen and oxygen atoms in total. The Morgan fingerprint density at radius 2 is 1.21 bits per heavy atom. The van der Waals surface area contributed by atoms with E-state index in [-0.39, 0.29) is 57.0 Å². The molecule has 0 aliphatic carbocycles. The molecular weight excluding hydrogens is 801 g/mol. The van der Waals surface area contributed by atoms with Gasteiger partial charge >= 0.3 is 0 Å². The zero-order chi connectivity index (χ0) is 45.7. The minimum absolute atomic E-state index is 0.00538. The van der Waals surface area contributed by atoms with Gasteiger partial charge in [0.05, 0.1) is 26.2 Å². The number of carbonyl (C=O) groups is 9. The van der Waals surface area contributed by atoms with Gasteiger partial charge in [0, 0.05) is 19.4 Å². The maximum absolute atomic E-state index is 13.9. The molecule has 0 aromatic heterocycles. The highest BCUT2D eigenvalue weighted by atomic mass is 16.2. The summed E-state index contributed by atoms with van der Waals surface area (Å²) in [4.78, 5) is 118. The summed E-state index contributed by atoms with van der Waals surface area (Å²) < 4.78 is 0. The van der Waals surface area contributed by atoms with Gasteiger partial charge in [0.2, 0.25) is 53.2 Å². The van der Waals surface area contributed by atoms with E-state index in [1.54, 1.807) is 30.3 Å². The summed E-state index contributed by atoms with van der Waals surface area (Å²) >= 11 is 0. The molecule has 1 saturated heterocycles. The molecule has 4 atom stereocenters. The Labute approximate surface area is 365 Å². The van der Waals surface area contributed by atoms with E-state index in [2.05, 4.69) is 54.8 Å². The maximum Gasteiger partial charge on any atom is 0.243 e. The number of amides is 9. The average Bonchev–Trinajstić information content (AvgIpc) is 3.24. The zero-order valence-corrected chi connectivity index (χ0v) is 36.7. The minimum Gasteiger partial charge on any atom is -0.354 e. The van der Waals surface area contributed by atoms with Crippen LogP contribution in [0.5, 0.6) is 0 Å². The van der Waals surface area contributed by atoms with E-state index in [0.29, 0.717) is 12.0 Å². The zero-order valence-electron chi connectivity index (χ0n) is 36.7. The lowest BCUT2D eigenvalue weighted by Gasteiger charge is -2.27. The lowest BCUT2D eigenvalue weighted by molar-refractivity contribution is -0.135. The van der Waals surface area contributed by atoms with E-state index in [4.69, 9.17) is 5.73 Å². The van der Waals surface area contributed by atoms with Gasteiger partial charge in [-0.3, -0.25) is 43.2 Å². The molecule has 0 radical (unpaired) electrons. The first-order chi connectivity index (χ1) is 29.7. The molecule has 1 fully saturated rings. The molecule has 1 aliphatic rings. The van der Waals surface area contributed by atoms with Gasteiger partial charge in [0.15, 0.2) is 0 Å². The molecule has 9 amide bonds. The molecule has 0 saturated carbocycles. The molecule has 1 aromatic rings. The van der Waals surface area contributed by atoms with Gasteiger partial charge in [0.25, 0.3) is 0 Å². The molecule has 1 aliphatic heterocycles. The van der Waals surface area contributed by atoms with E-state index < -0.39 is 97.6 Å². The van der Waals surface area contributed by atoms with Gasteiger partial charge < -0.3 is 53.6 Å². The van der Waals surface area contributed by atoms with Crippen LogP contribution in [0, 0.1) is 5.92 Å². The fourth-order valence-corrected chi connectivity index (χ4v) is 6.58. The van der Waals surface area contributed by atoms with Crippen molar-refractivity contribution < 1.29 is 43.2 Å². The first-order valence-electron chi connectivity index (χ1n) is 22.0. The molecule has 62 heavy (non-hydrogen) atoms. The smallest absolute Gasteiger partial charge is 0.243 e. The van der Waals surface area contributed by atoms with Gasteiger partial charge in [-0.2, -0.15) is 0 Å². The van der Waals surface area contributed by atoms with Gasteiger partial charge in [-0.25, -0.2) is 0 Å². The van der Waals surface area contributed by atoms with Gasteiger partial charge in [0.1, 0.15) is 24.2 Å². The molecule has 2 rings (SSSR count). The molecule has 1 heterocycles. The van der Waals surface area contributed by atoms with Crippen molar-refractivity contribution in [3.8, 4) is 0 Å². The quantitative estimate of drug-likeness (QED) is 0.0794. The number of nitrogens with two attached hydrogens (primary N) is 1. The number of nitrogens with one attached hydrogen (secondary N) is 9. The third-order valence-electron chi connectivity index (χ3n) is 10.0. The first kappa shape index (κ1) is 52.5. The molecule has 346 valence electrons. The highest BCUT2D eigenvalue weighted by molar-refractivity contribution is 5.97. The molecule has 19 heteroatoms. The van der Waals surface area contributed by atoms with Crippen molar-refractivity contribution in [2.45, 2.75) is 135 Å². The standard InChI is InChI=1S/C43H70N10O9/c1-4-5-6-7-8-9-10-11-15-18-35(54)46-28-39(58)50-32-20-22-45-36(55)25-47-37(56)26-48-38(57)27-49-40(59)33(23-29(2)3)52-43(62)34(24-30-16-13-12-14-17-30)53-41(60)31(19-21-44)51-42(32)61/h12-14,16-17,29,31-34H,4-11,15,18-28,44H2,1-3H3,(H,45,55)(H,46,54)(H,47,56)(H,48,57)(H,49,59)(H,50,58)(H,51,61)(H,52,62)(H,53,60)/t31-,32-,33-,34+/m0/s1. The van der Waals surface area contributed by atoms with Crippen LogP contribution < -0.4 is 53.6 Å². The fourth-order valence-electron chi connectivity index (χ4n) is 6.58. The summed E-state index contributed by atoms with van der Waals surface area (Å²) in [5, 5.41) is 22.9. The third-order valence-corrected chi connectivity index (χ3v) is 10.0. The monoisotopic (exact) mass is 871 g/mol. The van der Waals surface area contributed by atoms with Crippen LogP contribution in [0.4, 0.5) is 0 Å². The highest BCUT2D eigenvalue weighted by Crippen LogP contribution is 2.11. The third kappa shape index (κ3) is 22.9. The molecule has 0 bridgehead atoms.